The van der Waals surface area contributed by atoms with Crippen molar-refractivity contribution in [2.24, 2.45) is 0 Å². The molecule has 1 saturated heterocycles. The van der Waals surface area contributed by atoms with E-state index in [2.05, 4.69) is 10.6 Å². The quantitative estimate of drug-likeness (QED) is 0.854. The normalized spacial score (nSPS) is 23.7. The first kappa shape index (κ1) is 12.3. The molecule has 1 aromatic carbocycles. The van der Waals surface area contributed by atoms with Gasteiger partial charge in [-0.15, -0.1) is 0 Å². The van der Waals surface area contributed by atoms with Crippen molar-refractivity contribution in [1.29, 1.82) is 0 Å². The van der Waals surface area contributed by atoms with E-state index in [0.29, 0.717) is 5.69 Å². The summed E-state index contributed by atoms with van der Waals surface area (Å²) in [7, 11) is 0. The average Bonchev–Trinajstić information content (AvgIpc) is 2.71. The van der Waals surface area contributed by atoms with Gasteiger partial charge >= 0.3 is 0 Å². The van der Waals surface area contributed by atoms with Gasteiger partial charge in [0.05, 0.1) is 16.2 Å². The smallest absolute Gasteiger partial charge is 0.244 e. The first-order chi connectivity index (χ1) is 8.01. The molecule has 2 rings (SSSR count). The Hall–Kier alpha value is -1.13. The van der Waals surface area contributed by atoms with Crippen LogP contribution in [0.3, 0.4) is 0 Å². The van der Waals surface area contributed by atoms with E-state index in [1.54, 1.807) is 0 Å². The van der Waals surface area contributed by atoms with Crippen molar-refractivity contribution in [1.82, 2.24) is 5.32 Å². The number of carbonyl (C=O) groups excluding carboxylic acids is 1. The Bertz CT molecular complexity index is 444. The van der Waals surface area contributed by atoms with Gasteiger partial charge in [0.15, 0.2) is 0 Å². The van der Waals surface area contributed by atoms with Crippen molar-refractivity contribution < 1.29 is 9.18 Å². The molecule has 0 aromatic heterocycles. The summed E-state index contributed by atoms with van der Waals surface area (Å²) in [4.78, 5) is 12.0. The van der Waals surface area contributed by atoms with Gasteiger partial charge in [-0.3, -0.25) is 4.79 Å². The molecule has 2 N–H and O–H groups in total. The number of hydrogen-bond acceptors (Lipinski definition) is 2. The fraction of sp³-hybridized carbons (Fsp3) is 0.417. The van der Waals surface area contributed by atoms with Crippen LogP contribution in [0.4, 0.5) is 10.1 Å². The standard InChI is InChI=1S/C12H14ClFN2O/c1-12(5-2-6-15-12)11(17)16-10-4-3-8(14)7-9(10)13/h3-4,7,15H,2,5-6H2,1H3,(H,16,17). The number of anilines is 1. The van der Waals surface area contributed by atoms with Crippen molar-refractivity contribution >= 4 is 23.2 Å². The Morgan fingerprint density at radius 3 is 2.94 bits per heavy atom. The number of amides is 1. The largest absolute Gasteiger partial charge is 0.323 e. The second-order valence-electron chi connectivity index (χ2n) is 4.44. The number of hydrogen-bond donors (Lipinski definition) is 2. The van der Waals surface area contributed by atoms with E-state index in [0.717, 1.165) is 19.4 Å². The molecule has 0 bridgehead atoms. The van der Waals surface area contributed by atoms with E-state index in [9.17, 15) is 9.18 Å². The van der Waals surface area contributed by atoms with Gasteiger partial charge in [-0.05, 0) is 44.5 Å². The van der Waals surface area contributed by atoms with E-state index in [-0.39, 0.29) is 10.9 Å². The van der Waals surface area contributed by atoms with Crippen LogP contribution < -0.4 is 10.6 Å². The van der Waals surface area contributed by atoms with Crippen LogP contribution in [0, 0.1) is 5.82 Å². The molecule has 1 aliphatic rings. The summed E-state index contributed by atoms with van der Waals surface area (Å²) < 4.78 is 12.9. The van der Waals surface area contributed by atoms with Crippen LogP contribution in [0.2, 0.25) is 5.02 Å². The minimum absolute atomic E-state index is 0.136. The molecule has 1 amide bonds. The van der Waals surface area contributed by atoms with Crippen molar-refractivity contribution in [3.8, 4) is 0 Å². The van der Waals surface area contributed by atoms with Crippen LogP contribution in [0.5, 0.6) is 0 Å². The molecule has 1 atom stereocenters. The summed E-state index contributed by atoms with van der Waals surface area (Å²) in [5.74, 6) is -0.554. The molecule has 1 fully saturated rings. The lowest BCUT2D eigenvalue weighted by molar-refractivity contribution is -0.121. The first-order valence-corrected chi connectivity index (χ1v) is 5.91. The molecule has 1 aromatic rings. The van der Waals surface area contributed by atoms with Crippen molar-refractivity contribution in [2.45, 2.75) is 25.3 Å². The van der Waals surface area contributed by atoms with Crippen LogP contribution >= 0.6 is 11.6 Å². The van der Waals surface area contributed by atoms with Gasteiger partial charge in [-0.1, -0.05) is 11.6 Å². The first-order valence-electron chi connectivity index (χ1n) is 5.53. The van der Waals surface area contributed by atoms with Gasteiger partial charge in [-0.2, -0.15) is 0 Å². The van der Waals surface area contributed by atoms with Gasteiger partial charge in [0.25, 0.3) is 0 Å². The van der Waals surface area contributed by atoms with E-state index in [1.165, 1.54) is 18.2 Å². The van der Waals surface area contributed by atoms with E-state index in [4.69, 9.17) is 11.6 Å². The molecule has 0 radical (unpaired) electrons. The van der Waals surface area contributed by atoms with Crippen LogP contribution in [0.25, 0.3) is 0 Å². The third-order valence-corrected chi connectivity index (χ3v) is 3.36. The zero-order valence-corrected chi connectivity index (χ0v) is 10.3. The SMILES string of the molecule is CC1(C(=O)Nc2ccc(F)cc2Cl)CCCN1. The Morgan fingerprint density at radius 1 is 1.59 bits per heavy atom. The zero-order valence-electron chi connectivity index (χ0n) is 9.52. The fourth-order valence-electron chi connectivity index (χ4n) is 1.94. The van der Waals surface area contributed by atoms with Crippen molar-refractivity contribution in [3.05, 3.63) is 29.0 Å². The summed E-state index contributed by atoms with van der Waals surface area (Å²) in [6, 6.07) is 3.92. The second-order valence-corrected chi connectivity index (χ2v) is 4.85. The van der Waals surface area contributed by atoms with Gasteiger partial charge in [0.1, 0.15) is 5.82 Å². The van der Waals surface area contributed by atoms with Gasteiger partial charge in [0.2, 0.25) is 5.91 Å². The van der Waals surface area contributed by atoms with Crippen LogP contribution in [-0.2, 0) is 4.79 Å². The molecular weight excluding hydrogens is 243 g/mol. The summed E-state index contributed by atoms with van der Waals surface area (Å²) in [5, 5.41) is 6.08. The summed E-state index contributed by atoms with van der Waals surface area (Å²) in [6.07, 6.45) is 1.76. The van der Waals surface area contributed by atoms with Crippen LogP contribution in [0.1, 0.15) is 19.8 Å². The molecule has 0 saturated carbocycles. The maximum Gasteiger partial charge on any atom is 0.244 e. The summed E-state index contributed by atoms with van der Waals surface area (Å²) in [5.41, 5.74) is -0.120. The molecule has 5 heteroatoms. The summed E-state index contributed by atoms with van der Waals surface area (Å²) in [6.45, 7) is 2.69. The summed E-state index contributed by atoms with van der Waals surface area (Å²) >= 11 is 5.85. The molecule has 1 aliphatic heterocycles. The number of rotatable bonds is 2. The van der Waals surface area contributed by atoms with Gasteiger partial charge in [0, 0.05) is 0 Å². The molecule has 17 heavy (non-hydrogen) atoms. The molecule has 1 unspecified atom stereocenters. The topological polar surface area (TPSA) is 41.1 Å². The van der Waals surface area contributed by atoms with E-state index < -0.39 is 11.4 Å². The number of benzene rings is 1. The number of halogens is 2. The van der Waals surface area contributed by atoms with E-state index in [1.807, 2.05) is 6.92 Å². The molecular formula is C12H14ClFN2O. The zero-order chi connectivity index (χ0) is 12.5. The third-order valence-electron chi connectivity index (χ3n) is 3.05. The fourth-order valence-corrected chi connectivity index (χ4v) is 2.15. The molecule has 1 heterocycles. The van der Waals surface area contributed by atoms with Crippen LogP contribution in [-0.4, -0.2) is 18.0 Å². The van der Waals surface area contributed by atoms with Crippen LogP contribution in [0.15, 0.2) is 18.2 Å². The van der Waals surface area contributed by atoms with Crippen molar-refractivity contribution in [3.63, 3.8) is 0 Å². The predicted molar refractivity (Wildman–Crippen MR) is 65.7 cm³/mol. The highest BCUT2D eigenvalue weighted by molar-refractivity contribution is 6.33. The minimum atomic E-state index is -0.558. The lowest BCUT2D eigenvalue weighted by atomic mass is 9.99. The van der Waals surface area contributed by atoms with Gasteiger partial charge < -0.3 is 10.6 Å². The third kappa shape index (κ3) is 2.58. The predicted octanol–water partition coefficient (Wildman–Crippen LogP) is 2.56. The molecule has 0 aliphatic carbocycles. The maximum absolute atomic E-state index is 12.9. The Balaban J connectivity index is 2.13. The van der Waals surface area contributed by atoms with Gasteiger partial charge in [-0.25, -0.2) is 4.39 Å². The second kappa shape index (κ2) is 4.63. The Kier molecular flexibility index (Phi) is 3.35. The van der Waals surface area contributed by atoms with Crippen molar-refractivity contribution in [2.75, 3.05) is 11.9 Å². The molecule has 3 nitrogen and oxygen atoms in total. The highest BCUT2D eigenvalue weighted by atomic mass is 35.5. The highest BCUT2D eigenvalue weighted by Crippen LogP contribution is 2.25. The molecule has 0 spiro atoms. The number of carbonyl (C=O) groups is 1. The lowest BCUT2D eigenvalue weighted by Gasteiger charge is -2.23. The maximum atomic E-state index is 12.9. The number of nitrogens with one attached hydrogen (secondary N) is 2. The average molecular weight is 257 g/mol. The highest BCUT2D eigenvalue weighted by Gasteiger charge is 2.36. The van der Waals surface area contributed by atoms with E-state index >= 15 is 0 Å². The monoisotopic (exact) mass is 256 g/mol. The Morgan fingerprint density at radius 2 is 2.35 bits per heavy atom. The molecule has 92 valence electrons. The lowest BCUT2D eigenvalue weighted by Crippen LogP contribution is -2.48. The minimum Gasteiger partial charge on any atom is -0.323 e. The Labute approximate surface area is 104 Å².